The van der Waals surface area contributed by atoms with Crippen LogP contribution in [0.2, 0.25) is 0 Å². The molecular weight excluding hydrogens is 138 g/mol. The zero-order chi connectivity index (χ0) is 7.90. The van der Waals surface area contributed by atoms with Crippen molar-refractivity contribution in [1.29, 1.82) is 0 Å². The van der Waals surface area contributed by atoms with Crippen molar-refractivity contribution in [3.05, 3.63) is 0 Å². The van der Waals surface area contributed by atoms with Crippen molar-refractivity contribution in [1.82, 2.24) is 0 Å². The van der Waals surface area contributed by atoms with Gasteiger partial charge in [0, 0.05) is 12.0 Å². The average molecular weight is 155 g/mol. The zero-order valence-corrected chi connectivity index (χ0v) is 7.18. The quantitative estimate of drug-likeness (QED) is 0.619. The number of hydrogen-bond donors (Lipinski definition) is 1. The third-order valence-corrected chi connectivity index (χ3v) is 3.32. The van der Waals surface area contributed by atoms with Gasteiger partial charge < -0.3 is 10.5 Å². The first kappa shape index (κ1) is 7.56. The first-order valence-electron chi connectivity index (χ1n) is 4.62. The highest BCUT2D eigenvalue weighted by Crippen LogP contribution is 2.48. The van der Waals surface area contributed by atoms with Gasteiger partial charge in [-0.2, -0.15) is 0 Å². The van der Waals surface area contributed by atoms with E-state index >= 15 is 0 Å². The van der Waals surface area contributed by atoms with Gasteiger partial charge in [-0.25, -0.2) is 0 Å². The zero-order valence-electron chi connectivity index (χ0n) is 7.18. The molecule has 0 radical (unpaired) electrons. The SMILES string of the molecule is C[C@@H]1C[C@]2(CN)CCC[C@H]2O1. The summed E-state index contributed by atoms with van der Waals surface area (Å²) in [4.78, 5) is 0. The minimum Gasteiger partial charge on any atom is -0.375 e. The molecule has 0 unspecified atom stereocenters. The first-order chi connectivity index (χ1) is 5.27. The van der Waals surface area contributed by atoms with Crippen molar-refractivity contribution in [2.24, 2.45) is 11.1 Å². The molecule has 0 aromatic carbocycles. The Bertz CT molecular complexity index is 160. The molecule has 3 atom stereocenters. The van der Waals surface area contributed by atoms with Crippen LogP contribution in [-0.2, 0) is 4.74 Å². The van der Waals surface area contributed by atoms with Crippen LogP contribution in [0.25, 0.3) is 0 Å². The van der Waals surface area contributed by atoms with E-state index in [0.717, 1.165) is 6.54 Å². The Morgan fingerprint density at radius 2 is 2.45 bits per heavy atom. The molecule has 2 nitrogen and oxygen atoms in total. The smallest absolute Gasteiger partial charge is 0.0648 e. The monoisotopic (exact) mass is 155 g/mol. The number of rotatable bonds is 1. The second kappa shape index (κ2) is 2.46. The maximum Gasteiger partial charge on any atom is 0.0648 e. The predicted molar refractivity (Wildman–Crippen MR) is 44.3 cm³/mol. The number of nitrogens with two attached hydrogens (primary N) is 1. The van der Waals surface area contributed by atoms with Crippen LogP contribution in [-0.4, -0.2) is 18.8 Å². The molecule has 1 heterocycles. The lowest BCUT2D eigenvalue weighted by molar-refractivity contribution is 0.0349. The van der Waals surface area contributed by atoms with Crippen LogP contribution < -0.4 is 5.73 Å². The lowest BCUT2D eigenvalue weighted by atomic mass is 9.82. The van der Waals surface area contributed by atoms with E-state index in [-0.39, 0.29) is 0 Å². The van der Waals surface area contributed by atoms with Crippen molar-refractivity contribution in [3.63, 3.8) is 0 Å². The third kappa shape index (κ3) is 1.00. The fourth-order valence-corrected chi connectivity index (χ4v) is 2.77. The standard InChI is InChI=1S/C9H17NO/c1-7-5-9(6-10)4-2-3-8(9)11-7/h7-8H,2-6,10H2,1H3/t7-,8-,9+/m1/s1. The molecule has 2 rings (SSSR count). The highest BCUT2D eigenvalue weighted by Gasteiger charge is 2.48. The van der Waals surface area contributed by atoms with Gasteiger partial charge in [-0.05, 0) is 26.2 Å². The van der Waals surface area contributed by atoms with E-state index in [1.807, 2.05) is 0 Å². The molecule has 11 heavy (non-hydrogen) atoms. The van der Waals surface area contributed by atoms with Crippen molar-refractivity contribution in [2.45, 2.75) is 44.8 Å². The van der Waals surface area contributed by atoms with E-state index in [2.05, 4.69) is 6.92 Å². The van der Waals surface area contributed by atoms with Crippen LogP contribution in [0.5, 0.6) is 0 Å². The molecule has 2 fully saturated rings. The third-order valence-electron chi connectivity index (χ3n) is 3.32. The molecule has 1 saturated heterocycles. The molecule has 0 amide bonds. The molecule has 0 aromatic heterocycles. The van der Waals surface area contributed by atoms with Crippen molar-refractivity contribution < 1.29 is 4.74 Å². The Balaban J connectivity index is 2.15. The van der Waals surface area contributed by atoms with Crippen molar-refractivity contribution in [2.75, 3.05) is 6.54 Å². The van der Waals surface area contributed by atoms with Gasteiger partial charge in [0.05, 0.1) is 12.2 Å². The fraction of sp³-hybridized carbons (Fsp3) is 1.00. The molecule has 0 bridgehead atoms. The summed E-state index contributed by atoms with van der Waals surface area (Å²) in [6.45, 7) is 2.98. The van der Waals surface area contributed by atoms with E-state index in [9.17, 15) is 0 Å². The van der Waals surface area contributed by atoms with Crippen LogP contribution in [0.3, 0.4) is 0 Å². The van der Waals surface area contributed by atoms with Gasteiger partial charge in [-0.1, -0.05) is 6.42 Å². The van der Waals surface area contributed by atoms with E-state index in [1.54, 1.807) is 0 Å². The molecule has 64 valence electrons. The lowest BCUT2D eigenvalue weighted by Crippen LogP contribution is -2.33. The topological polar surface area (TPSA) is 35.2 Å². The van der Waals surface area contributed by atoms with E-state index in [1.165, 1.54) is 25.7 Å². The van der Waals surface area contributed by atoms with Crippen molar-refractivity contribution >= 4 is 0 Å². The molecule has 2 heteroatoms. The Labute approximate surface area is 68.1 Å². The molecule has 0 spiro atoms. The maximum absolute atomic E-state index is 5.80. The number of fused-ring (bicyclic) bond motifs is 1. The molecule has 0 aromatic rings. The molecule has 1 aliphatic heterocycles. The van der Waals surface area contributed by atoms with Crippen molar-refractivity contribution in [3.8, 4) is 0 Å². The molecular formula is C9H17NO. The fourth-order valence-electron chi connectivity index (χ4n) is 2.77. The van der Waals surface area contributed by atoms with Gasteiger partial charge in [0.15, 0.2) is 0 Å². The van der Waals surface area contributed by atoms with Crippen LogP contribution in [0.1, 0.15) is 32.6 Å². The van der Waals surface area contributed by atoms with Gasteiger partial charge in [-0.15, -0.1) is 0 Å². The highest BCUT2D eigenvalue weighted by molar-refractivity contribution is 4.99. The Hall–Kier alpha value is -0.0800. The summed E-state index contributed by atoms with van der Waals surface area (Å²) in [5.41, 5.74) is 6.17. The summed E-state index contributed by atoms with van der Waals surface area (Å²) in [6.07, 6.45) is 5.97. The van der Waals surface area contributed by atoms with Crippen LogP contribution in [0.15, 0.2) is 0 Å². The van der Waals surface area contributed by atoms with Gasteiger partial charge in [-0.3, -0.25) is 0 Å². The Kier molecular flexibility index (Phi) is 1.69. The second-order valence-electron chi connectivity index (χ2n) is 4.10. The van der Waals surface area contributed by atoms with Crippen LogP contribution >= 0.6 is 0 Å². The molecule has 1 saturated carbocycles. The minimum atomic E-state index is 0.374. The largest absolute Gasteiger partial charge is 0.375 e. The highest BCUT2D eigenvalue weighted by atomic mass is 16.5. The predicted octanol–water partition coefficient (Wildman–Crippen LogP) is 1.29. The first-order valence-corrected chi connectivity index (χ1v) is 4.62. The molecule has 1 aliphatic carbocycles. The summed E-state index contributed by atoms with van der Waals surface area (Å²) in [5.74, 6) is 0. The van der Waals surface area contributed by atoms with Crippen LogP contribution in [0.4, 0.5) is 0 Å². The second-order valence-corrected chi connectivity index (χ2v) is 4.10. The van der Waals surface area contributed by atoms with E-state index < -0.39 is 0 Å². The van der Waals surface area contributed by atoms with Gasteiger partial charge in [0.2, 0.25) is 0 Å². The van der Waals surface area contributed by atoms with Crippen LogP contribution in [0, 0.1) is 5.41 Å². The summed E-state index contributed by atoms with van der Waals surface area (Å²) < 4.78 is 5.80. The van der Waals surface area contributed by atoms with Gasteiger partial charge in [0.25, 0.3) is 0 Å². The Morgan fingerprint density at radius 3 is 3.09 bits per heavy atom. The normalized spacial score (nSPS) is 49.6. The minimum absolute atomic E-state index is 0.374. The van der Waals surface area contributed by atoms with Gasteiger partial charge >= 0.3 is 0 Å². The summed E-state index contributed by atoms with van der Waals surface area (Å²) >= 11 is 0. The van der Waals surface area contributed by atoms with Gasteiger partial charge in [0.1, 0.15) is 0 Å². The summed E-state index contributed by atoms with van der Waals surface area (Å²) in [6, 6.07) is 0. The lowest BCUT2D eigenvalue weighted by Gasteiger charge is -2.24. The summed E-state index contributed by atoms with van der Waals surface area (Å²) in [5, 5.41) is 0. The number of hydrogen-bond acceptors (Lipinski definition) is 2. The molecule has 2 N–H and O–H groups in total. The van der Waals surface area contributed by atoms with E-state index in [4.69, 9.17) is 10.5 Å². The summed E-state index contributed by atoms with van der Waals surface area (Å²) in [7, 11) is 0. The molecule has 2 aliphatic rings. The average Bonchev–Trinajstić information content (AvgIpc) is 2.43. The maximum atomic E-state index is 5.80. The number of ether oxygens (including phenoxy) is 1. The van der Waals surface area contributed by atoms with E-state index in [0.29, 0.717) is 17.6 Å². The Morgan fingerprint density at radius 1 is 1.64 bits per heavy atom.